The maximum absolute atomic E-state index is 13.0. The Kier molecular flexibility index (Phi) is 5.84. The third-order valence-corrected chi connectivity index (χ3v) is 3.60. The van der Waals surface area contributed by atoms with Gasteiger partial charge in [-0.15, -0.1) is 0 Å². The third kappa shape index (κ3) is 4.07. The predicted octanol–water partition coefficient (Wildman–Crippen LogP) is 3.05. The van der Waals surface area contributed by atoms with E-state index in [1.54, 1.807) is 54.6 Å². The van der Waals surface area contributed by atoms with E-state index in [1.165, 1.54) is 7.11 Å². The van der Waals surface area contributed by atoms with Crippen LogP contribution in [-0.2, 0) is 16.0 Å². The van der Waals surface area contributed by atoms with Gasteiger partial charge in [-0.3, -0.25) is 4.79 Å². The highest BCUT2D eigenvalue weighted by Crippen LogP contribution is 2.19. The van der Waals surface area contributed by atoms with Crippen LogP contribution < -0.4 is 5.32 Å². The van der Waals surface area contributed by atoms with Crippen molar-refractivity contribution in [2.24, 2.45) is 0 Å². The van der Waals surface area contributed by atoms with Gasteiger partial charge < -0.3 is 10.1 Å². The number of rotatable bonds is 6. The van der Waals surface area contributed by atoms with Crippen LogP contribution in [0.15, 0.2) is 73.1 Å². The largest absolute Gasteiger partial charge is 0.467 e. The van der Waals surface area contributed by atoms with Gasteiger partial charge in [-0.1, -0.05) is 48.5 Å². The molecule has 0 aromatic heterocycles. The summed E-state index contributed by atoms with van der Waals surface area (Å²) in [5.41, 5.74) is -0.502. The second-order valence-corrected chi connectivity index (χ2v) is 5.24. The van der Waals surface area contributed by atoms with Crippen molar-refractivity contribution >= 4 is 11.9 Å². The van der Waals surface area contributed by atoms with Crippen LogP contribution in [0.2, 0.25) is 0 Å². The molecule has 0 spiro atoms. The highest BCUT2D eigenvalue weighted by atomic mass is 19.1. The molecule has 124 valence electrons. The number of carbonyl (C=O) groups is 2. The van der Waals surface area contributed by atoms with Crippen LogP contribution >= 0.6 is 0 Å². The van der Waals surface area contributed by atoms with Crippen molar-refractivity contribution in [3.63, 3.8) is 0 Å². The summed E-state index contributed by atoms with van der Waals surface area (Å²) in [6.07, 6.45) is 1.32. The zero-order valence-electron chi connectivity index (χ0n) is 13.2. The Morgan fingerprint density at radius 1 is 1.08 bits per heavy atom. The maximum Gasteiger partial charge on any atom is 0.336 e. The Morgan fingerprint density at radius 2 is 1.67 bits per heavy atom. The molecule has 0 saturated heterocycles. The van der Waals surface area contributed by atoms with Crippen LogP contribution in [-0.4, -0.2) is 24.5 Å². The van der Waals surface area contributed by atoms with Crippen molar-refractivity contribution in [1.29, 1.82) is 0 Å². The summed E-state index contributed by atoms with van der Waals surface area (Å²) in [5, 5.41) is 2.61. The fraction of sp³-hybridized carbons (Fsp3) is 0.158. The molecule has 0 radical (unpaired) electrons. The van der Waals surface area contributed by atoms with E-state index in [4.69, 9.17) is 4.74 Å². The molecule has 1 N–H and O–H groups in total. The van der Waals surface area contributed by atoms with Gasteiger partial charge in [-0.2, -0.15) is 0 Å². The molecule has 0 aliphatic rings. The molecule has 0 saturated carbocycles. The Morgan fingerprint density at radius 3 is 2.21 bits per heavy atom. The zero-order valence-corrected chi connectivity index (χ0v) is 13.2. The van der Waals surface area contributed by atoms with E-state index < -0.39 is 17.4 Å². The third-order valence-electron chi connectivity index (χ3n) is 3.60. The van der Waals surface area contributed by atoms with Crippen molar-refractivity contribution in [3.05, 3.63) is 84.2 Å². The summed E-state index contributed by atoms with van der Waals surface area (Å²) in [4.78, 5) is 24.8. The first-order chi connectivity index (χ1) is 11.6. The number of esters is 1. The number of nitrogens with one attached hydrogen (secondary N) is 1. The molecule has 0 fully saturated rings. The van der Waals surface area contributed by atoms with Crippen LogP contribution in [0.5, 0.6) is 0 Å². The predicted molar refractivity (Wildman–Crippen MR) is 89.0 cm³/mol. The fourth-order valence-corrected chi connectivity index (χ4v) is 2.41. The highest BCUT2D eigenvalue weighted by Gasteiger charge is 2.39. The number of methoxy groups -OCH3 is 1. The molecule has 0 bridgehead atoms. The van der Waals surface area contributed by atoms with Gasteiger partial charge in [0.1, 0.15) is 0 Å². The zero-order chi connectivity index (χ0) is 17.4. The number of carbonyl (C=O) groups excluding carboxylic acids is 2. The number of hydrogen-bond donors (Lipinski definition) is 1. The highest BCUT2D eigenvalue weighted by molar-refractivity contribution is 5.99. The van der Waals surface area contributed by atoms with E-state index in [2.05, 4.69) is 5.32 Å². The second-order valence-electron chi connectivity index (χ2n) is 5.24. The van der Waals surface area contributed by atoms with Crippen molar-refractivity contribution in [2.45, 2.75) is 12.0 Å². The molecule has 2 aromatic carbocycles. The van der Waals surface area contributed by atoms with E-state index in [0.29, 0.717) is 5.56 Å². The van der Waals surface area contributed by atoms with E-state index >= 15 is 0 Å². The van der Waals surface area contributed by atoms with Crippen LogP contribution in [0.25, 0.3) is 0 Å². The van der Waals surface area contributed by atoms with Gasteiger partial charge in [0.05, 0.1) is 13.4 Å². The fourth-order valence-electron chi connectivity index (χ4n) is 2.41. The smallest absolute Gasteiger partial charge is 0.336 e. The Balaban J connectivity index is 2.37. The first-order valence-corrected chi connectivity index (χ1v) is 7.39. The van der Waals surface area contributed by atoms with Crippen molar-refractivity contribution in [2.75, 3.05) is 7.11 Å². The van der Waals surface area contributed by atoms with Crippen LogP contribution in [0.4, 0.5) is 4.39 Å². The number of halogens is 1. The minimum atomic E-state index is -1.63. The summed E-state index contributed by atoms with van der Waals surface area (Å²) < 4.78 is 17.8. The van der Waals surface area contributed by atoms with E-state index in [9.17, 15) is 14.0 Å². The lowest BCUT2D eigenvalue weighted by Gasteiger charge is -2.29. The second kappa shape index (κ2) is 8.06. The molecule has 0 aliphatic heterocycles. The van der Waals surface area contributed by atoms with Gasteiger partial charge in [-0.05, 0) is 23.8 Å². The average molecular weight is 327 g/mol. The Labute approximate surface area is 140 Å². The lowest BCUT2D eigenvalue weighted by molar-refractivity contribution is -0.146. The van der Waals surface area contributed by atoms with E-state index in [-0.39, 0.29) is 12.8 Å². The van der Waals surface area contributed by atoms with E-state index in [0.717, 1.165) is 11.6 Å². The first-order valence-electron chi connectivity index (χ1n) is 7.39. The topological polar surface area (TPSA) is 55.4 Å². The summed E-state index contributed by atoms with van der Waals surface area (Å²) in [6, 6.07) is 17.4. The molecule has 0 aliphatic carbocycles. The average Bonchev–Trinajstić information content (AvgIpc) is 2.62. The minimum Gasteiger partial charge on any atom is -0.467 e. The van der Waals surface area contributed by atoms with Crippen LogP contribution in [0.3, 0.4) is 0 Å². The normalized spacial score (nSPS) is 13.2. The van der Waals surface area contributed by atoms with Gasteiger partial charge in [0.25, 0.3) is 5.91 Å². The quantitative estimate of drug-likeness (QED) is 0.830. The molecular formula is C19H18FNO3. The van der Waals surface area contributed by atoms with Gasteiger partial charge in [0.15, 0.2) is 5.54 Å². The molecule has 0 unspecified atom stereocenters. The molecular weight excluding hydrogens is 309 g/mol. The van der Waals surface area contributed by atoms with Crippen LogP contribution in [0, 0.1) is 0 Å². The van der Waals surface area contributed by atoms with Crippen molar-refractivity contribution in [1.82, 2.24) is 5.32 Å². The molecule has 5 heteroatoms. The van der Waals surface area contributed by atoms with Gasteiger partial charge in [-0.25, -0.2) is 9.18 Å². The lowest BCUT2D eigenvalue weighted by atomic mass is 9.90. The van der Waals surface area contributed by atoms with Crippen LogP contribution in [0.1, 0.15) is 15.9 Å². The Hall–Kier alpha value is -2.95. The first kappa shape index (κ1) is 17.4. The monoisotopic (exact) mass is 327 g/mol. The molecule has 1 atom stereocenters. The summed E-state index contributed by atoms with van der Waals surface area (Å²) in [5.74, 6) is -1.24. The SMILES string of the molecule is COC(=O)[C@](/C=C\F)(Cc1ccccc1)NC(=O)c1ccccc1. The summed E-state index contributed by atoms with van der Waals surface area (Å²) in [7, 11) is 1.20. The molecule has 2 rings (SSSR count). The van der Waals surface area contributed by atoms with Crippen molar-refractivity contribution in [3.8, 4) is 0 Å². The molecule has 2 aromatic rings. The van der Waals surface area contributed by atoms with Gasteiger partial charge in [0.2, 0.25) is 0 Å². The van der Waals surface area contributed by atoms with Crippen molar-refractivity contribution < 1.29 is 18.7 Å². The van der Waals surface area contributed by atoms with E-state index in [1.807, 2.05) is 6.07 Å². The summed E-state index contributed by atoms with van der Waals surface area (Å²) >= 11 is 0. The number of amides is 1. The molecule has 24 heavy (non-hydrogen) atoms. The maximum atomic E-state index is 13.0. The summed E-state index contributed by atoms with van der Waals surface area (Å²) in [6.45, 7) is 0. The standard InChI is InChI=1S/C19H18FNO3/c1-24-18(23)19(12-13-20,14-15-8-4-2-5-9-15)21-17(22)16-10-6-3-7-11-16/h2-13H,14H2,1H3,(H,21,22)/b13-12-/t19-/m0/s1. The minimum absolute atomic E-state index is 0.0690. The number of benzene rings is 2. The lowest BCUT2D eigenvalue weighted by Crippen LogP contribution is -2.55. The molecule has 0 heterocycles. The van der Waals surface area contributed by atoms with Gasteiger partial charge >= 0.3 is 5.97 Å². The molecule has 1 amide bonds. The van der Waals surface area contributed by atoms with Gasteiger partial charge in [0, 0.05) is 12.0 Å². The number of hydrogen-bond acceptors (Lipinski definition) is 3. The number of ether oxygens (including phenoxy) is 1. The molecule has 4 nitrogen and oxygen atoms in total. The Bertz CT molecular complexity index is 716.